The Kier molecular flexibility index (Phi) is 1.92. The average Bonchev–Trinajstić information content (AvgIpc) is 2.65. The Hall–Kier alpha value is -0.0800. The Bertz CT molecular complexity index is 171. The molecule has 0 amide bonds. The summed E-state index contributed by atoms with van der Waals surface area (Å²) in [6.45, 7) is 2.90. The minimum Gasteiger partial charge on any atom is -0.392 e. The van der Waals surface area contributed by atoms with Crippen molar-refractivity contribution in [1.29, 1.82) is 0 Å². The van der Waals surface area contributed by atoms with E-state index in [1.165, 1.54) is 12.8 Å². The molecule has 2 rings (SSSR count). The van der Waals surface area contributed by atoms with E-state index in [1.54, 1.807) is 0 Å². The number of rotatable bonds is 3. The fourth-order valence-corrected chi connectivity index (χ4v) is 2.50. The molecule has 2 fully saturated rings. The summed E-state index contributed by atoms with van der Waals surface area (Å²) in [6, 6.07) is 0. The topological polar surface area (TPSA) is 46.2 Å². The van der Waals surface area contributed by atoms with E-state index in [0.29, 0.717) is 12.5 Å². The summed E-state index contributed by atoms with van der Waals surface area (Å²) in [6.07, 6.45) is 4.66. The van der Waals surface area contributed by atoms with Gasteiger partial charge in [0.15, 0.2) is 0 Å². The molecule has 0 aliphatic heterocycles. The second kappa shape index (κ2) is 2.71. The molecule has 0 aromatic rings. The third-order valence-corrected chi connectivity index (χ3v) is 3.96. The van der Waals surface area contributed by atoms with Crippen molar-refractivity contribution in [3.8, 4) is 0 Å². The first-order chi connectivity index (χ1) is 5.69. The van der Waals surface area contributed by atoms with Crippen LogP contribution in [0.4, 0.5) is 0 Å². The van der Waals surface area contributed by atoms with Crippen molar-refractivity contribution < 1.29 is 5.11 Å². The molecular weight excluding hydrogens is 150 g/mol. The van der Waals surface area contributed by atoms with Gasteiger partial charge in [-0.3, -0.25) is 0 Å². The molecule has 2 aliphatic rings. The van der Waals surface area contributed by atoms with Gasteiger partial charge < -0.3 is 10.8 Å². The predicted molar refractivity (Wildman–Crippen MR) is 48.6 cm³/mol. The van der Waals surface area contributed by atoms with Crippen LogP contribution >= 0.6 is 0 Å². The lowest BCUT2D eigenvalue weighted by Crippen LogP contribution is -2.48. The monoisotopic (exact) mass is 169 g/mol. The minimum atomic E-state index is -0.105. The van der Waals surface area contributed by atoms with Crippen molar-refractivity contribution in [2.75, 3.05) is 6.54 Å². The summed E-state index contributed by atoms with van der Waals surface area (Å²) < 4.78 is 0. The molecule has 3 atom stereocenters. The van der Waals surface area contributed by atoms with Gasteiger partial charge >= 0.3 is 0 Å². The van der Waals surface area contributed by atoms with Gasteiger partial charge in [-0.1, -0.05) is 13.3 Å². The Labute approximate surface area is 74.1 Å². The van der Waals surface area contributed by atoms with Crippen LogP contribution in [0.25, 0.3) is 0 Å². The largest absolute Gasteiger partial charge is 0.392 e. The SMILES string of the molecule is CC1CC1C(O)C1(CN)CCC1. The van der Waals surface area contributed by atoms with Crippen molar-refractivity contribution in [1.82, 2.24) is 0 Å². The van der Waals surface area contributed by atoms with E-state index in [9.17, 15) is 5.11 Å². The molecule has 2 nitrogen and oxygen atoms in total. The first-order valence-corrected chi connectivity index (χ1v) is 5.08. The van der Waals surface area contributed by atoms with Gasteiger partial charge in [0.1, 0.15) is 0 Å². The van der Waals surface area contributed by atoms with Gasteiger partial charge in [-0.15, -0.1) is 0 Å². The second-order valence-electron chi connectivity index (χ2n) is 4.74. The molecule has 0 radical (unpaired) electrons. The molecule has 12 heavy (non-hydrogen) atoms. The highest BCUT2D eigenvalue weighted by molar-refractivity contribution is 5.02. The molecule has 3 N–H and O–H groups in total. The summed E-state index contributed by atoms with van der Waals surface area (Å²) in [7, 11) is 0. The number of aliphatic hydroxyl groups is 1. The highest BCUT2D eigenvalue weighted by Gasteiger charge is 2.51. The van der Waals surface area contributed by atoms with Gasteiger partial charge in [0.2, 0.25) is 0 Å². The molecule has 0 heterocycles. The second-order valence-corrected chi connectivity index (χ2v) is 4.74. The highest BCUT2D eigenvalue weighted by Crippen LogP contribution is 2.52. The maximum atomic E-state index is 10.0. The van der Waals surface area contributed by atoms with Crippen molar-refractivity contribution in [3.63, 3.8) is 0 Å². The zero-order valence-electron chi connectivity index (χ0n) is 7.79. The van der Waals surface area contributed by atoms with Crippen LogP contribution in [0.3, 0.4) is 0 Å². The lowest BCUT2D eigenvalue weighted by molar-refractivity contribution is -0.0431. The van der Waals surface area contributed by atoms with Gasteiger partial charge in [-0.25, -0.2) is 0 Å². The van der Waals surface area contributed by atoms with E-state index < -0.39 is 0 Å². The molecule has 3 unspecified atom stereocenters. The third-order valence-electron chi connectivity index (χ3n) is 3.96. The van der Waals surface area contributed by atoms with Crippen LogP contribution < -0.4 is 5.73 Å². The Morgan fingerprint density at radius 3 is 2.42 bits per heavy atom. The van der Waals surface area contributed by atoms with Crippen LogP contribution in [0.2, 0.25) is 0 Å². The standard InChI is InChI=1S/C10H19NO/c1-7-5-8(7)9(12)10(6-11)3-2-4-10/h7-9,12H,2-6,11H2,1H3. The van der Waals surface area contributed by atoms with Gasteiger partial charge in [0, 0.05) is 12.0 Å². The van der Waals surface area contributed by atoms with Gasteiger partial charge in [-0.05, 0) is 31.1 Å². The lowest BCUT2D eigenvalue weighted by atomic mass is 9.64. The van der Waals surface area contributed by atoms with Crippen LogP contribution in [0, 0.1) is 17.3 Å². The first-order valence-electron chi connectivity index (χ1n) is 5.08. The Morgan fingerprint density at radius 2 is 2.17 bits per heavy atom. The molecule has 2 aliphatic carbocycles. The molecule has 0 spiro atoms. The minimum absolute atomic E-state index is 0.105. The molecule has 0 saturated heterocycles. The van der Waals surface area contributed by atoms with E-state index in [4.69, 9.17) is 5.73 Å². The van der Waals surface area contributed by atoms with Crippen LogP contribution in [0.15, 0.2) is 0 Å². The summed E-state index contributed by atoms with van der Waals surface area (Å²) in [5, 5.41) is 10.0. The number of aliphatic hydroxyl groups excluding tert-OH is 1. The van der Waals surface area contributed by atoms with Crippen LogP contribution in [0.1, 0.15) is 32.6 Å². The third kappa shape index (κ3) is 1.09. The molecular formula is C10H19NO. The number of hydrogen-bond acceptors (Lipinski definition) is 2. The van der Waals surface area contributed by atoms with E-state index in [2.05, 4.69) is 6.92 Å². The summed E-state index contributed by atoms with van der Waals surface area (Å²) >= 11 is 0. The summed E-state index contributed by atoms with van der Waals surface area (Å²) in [5.41, 5.74) is 5.84. The molecule has 0 aromatic heterocycles. The summed E-state index contributed by atoms with van der Waals surface area (Å²) in [4.78, 5) is 0. The average molecular weight is 169 g/mol. The van der Waals surface area contributed by atoms with Crippen LogP contribution in [0.5, 0.6) is 0 Å². The fourth-order valence-electron chi connectivity index (χ4n) is 2.50. The van der Waals surface area contributed by atoms with Crippen LogP contribution in [-0.4, -0.2) is 17.8 Å². The fraction of sp³-hybridized carbons (Fsp3) is 1.00. The van der Waals surface area contributed by atoms with E-state index in [0.717, 1.165) is 18.8 Å². The quantitative estimate of drug-likeness (QED) is 0.665. The normalized spacial score (nSPS) is 40.2. The van der Waals surface area contributed by atoms with Crippen molar-refractivity contribution in [2.45, 2.75) is 38.7 Å². The zero-order chi connectivity index (χ0) is 8.77. The first kappa shape index (κ1) is 8.52. The lowest BCUT2D eigenvalue weighted by Gasteiger charge is -2.45. The van der Waals surface area contributed by atoms with Crippen molar-refractivity contribution in [3.05, 3.63) is 0 Å². The highest BCUT2D eigenvalue weighted by atomic mass is 16.3. The predicted octanol–water partition coefficient (Wildman–Crippen LogP) is 1.13. The molecule has 2 heteroatoms. The van der Waals surface area contributed by atoms with E-state index in [-0.39, 0.29) is 11.5 Å². The smallest absolute Gasteiger partial charge is 0.0639 e. The van der Waals surface area contributed by atoms with Crippen molar-refractivity contribution >= 4 is 0 Å². The Morgan fingerprint density at radius 1 is 1.58 bits per heavy atom. The number of nitrogens with two attached hydrogens (primary N) is 1. The van der Waals surface area contributed by atoms with Crippen LogP contribution in [-0.2, 0) is 0 Å². The molecule has 70 valence electrons. The Balaban J connectivity index is 1.97. The van der Waals surface area contributed by atoms with Gasteiger partial charge in [0.05, 0.1) is 6.10 Å². The maximum absolute atomic E-state index is 10.0. The van der Waals surface area contributed by atoms with Gasteiger partial charge in [-0.2, -0.15) is 0 Å². The zero-order valence-corrected chi connectivity index (χ0v) is 7.79. The number of hydrogen-bond donors (Lipinski definition) is 2. The molecule has 0 aromatic carbocycles. The maximum Gasteiger partial charge on any atom is 0.0639 e. The summed E-state index contributed by atoms with van der Waals surface area (Å²) in [5.74, 6) is 1.30. The van der Waals surface area contributed by atoms with Crippen molar-refractivity contribution in [2.24, 2.45) is 23.0 Å². The molecule has 0 bridgehead atoms. The van der Waals surface area contributed by atoms with E-state index in [1.807, 2.05) is 0 Å². The van der Waals surface area contributed by atoms with E-state index >= 15 is 0 Å². The molecule has 2 saturated carbocycles. The van der Waals surface area contributed by atoms with Gasteiger partial charge in [0.25, 0.3) is 0 Å².